The van der Waals surface area contributed by atoms with Crippen molar-refractivity contribution in [1.82, 2.24) is 4.98 Å². The first-order chi connectivity index (χ1) is 7.24. The van der Waals surface area contributed by atoms with E-state index >= 15 is 0 Å². The maximum atomic E-state index is 9.08. The highest BCUT2D eigenvalue weighted by Gasteiger charge is 2.19. The Hall–Kier alpha value is -1.36. The summed E-state index contributed by atoms with van der Waals surface area (Å²) in [4.78, 5) is 4.41. The van der Waals surface area contributed by atoms with Gasteiger partial charge in [-0.15, -0.1) is 0 Å². The molecule has 1 aromatic heterocycles. The van der Waals surface area contributed by atoms with Crippen molar-refractivity contribution in [1.29, 1.82) is 5.26 Å². The first kappa shape index (κ1) is 10.2. The summed E-state index contributed by atoms with van der Waals surface area (Å²) in [6.45, 7) is 4.32. The number of hydrogen-bond donors (Lipinski definition) is 0. The van der Waals surface area contributed by atoms with Gasteiger partial charge in [0.25, 0.3) is 0 Å². The van der Waals surface area contributed by atoms with Gasteiger partial charge >= 0.3 is 0 Å². The third-order valence-corrected chi connectivity index (χ3v) is 3.10. The van der Waals surface area contributed by atoms with E-state index in [0.717, 1.165) is 18.4 Å². The molecule has 0 radical (unpaired) electrons. The number of aryl methyl sites for hydroxylation is 1. The monoisotopic (exact) mass is 200 g/mol. The van der Waals surface area contributed by atoms with Gasteiger partial charge in [0.1, 0.15) is 6.07 Å². The first-order valence-electron chi connectivity index (χ1n) is 5.64. The number of aromatic nitrogens is 1. The standard InChI is InChI=1S/C13H16N2/c1-9(2)13-10(7-14)8-15-12-6-4-3-5-11(12)13/h8-9H,3-6H2,1-2H3. The highest BCUT2D eigenvalue weighted by Crippen LogP contribution is 2.29. The van der Waals surface area contributed by atoms with Gasteiger partial charge in [0, 0.05) is 11.9 Å². The van der Waals surface area contributed by atoms with Gasteiger partial charge in [-0.1, -0.05) is 13.8 Å². The number of nitriles is 1. The van der Waals surface area contributed by atoms with E-state index in [0.29, 0.717) is 5.92 Å². The molecule has 2 nitrogen and oxygen atoms in total. The second kappa shape index (κ2) is 4.02. The van der Waals surface area contributed by atoms with Crippen molar-refractivity contribution in [3.63, 3.8) is 0 Å². The average Bonchev–Trinajstić information content (AvgIpc) is 2.27. The van der Waals surface area contributed by atoms with Crippen LogP contribution in [0.5, 0.6) is 0 Å². The van der Waals surface area contributed by atoms with E-state index in [9.17, 15) is 0 Å². The van der Waals surface area contributed by atoms with Gasteiger partial charge in [-0.3, -0.25) is 4.98 Å². The van der Waals surface area contributed by atoms with Crippen LogP contribution in [-0.4, -0.2) is 4.98 Å². The first-order valence-corrected chi connectivity index (χ1v) is 5.64. The van der Waals surface area contributed by atoms with Crippen molar-refractivity contribution in [2.45, 2.75) is 45.4 Å². The molecule has 0 bridgehead atoms. The average molecular weight is 200 g/mol. The van der Waals surface area contributed by atoms with Crippen LogP contribution in [0.25, 0.3) is 0 Å². The minimum absolute atomic E-state index is 0.425. The fourth-order valence-corrected chi connectivity index (χ4v) is 2.45. The molecule has 1 aliphatic carbocycles. The lowest BCUT2D eigenvalue weighted by atomic mass is 9.86. The number of hydrogen-bond acceptors (Lipinski definition) is 2. The van der Waals surface area contributed by atoms with Gasteiger partial charge in [-0.25, -0.2) is 0 Å². The number of pyridine rings is 1. The molecule has 1 aliphatic rings. The van der Waals surface area contributed by atoms with Crippen molar-refractivity contribution in [2.24, 2.45) is 0 Å². The van der Waals surface area contributed by atoms with Crippen LogP contribution in [0.1, 0.15) is 55.0 Å². The molecule has 78 valence electrons. The SMILES string of the molecule is CC(C)c1c(C#N)cnc2c1CCCC2. The summed E-state index contributed by atoms with van der Waals surface area (Å²) in [6.07, 6.45) is 6.42. The Bertz CT molecular complexity index is 413. The predicted molar refractivity (Wildman–Crippen MR) is 59.7 cm³/mol. The van der Waals surface area contributed by atoms with Crippen molar-refractivity contribution in [3.8, 4) is 6.07 Å². The molecule has 0 saturated heterocycles. The van der Waals surface area contributed by atoms with Gasteiger partial charge in [-0.05, 0) is 42.7 Å². The Morgan fingerprint density at radius 3 is 2.73 bits per heavy atom. The molecular formula is C13H16N2. The minimum Gasteiger partial charge on any atom is -0.260 e. The summed E-state index contributed by atoms with van der Waals surface area (Å²) < 4.78 is 0. The molecule has 0 spiro atoms. The highest BCUT2D eigenvalue weighted by molar-refractivity contribution is 5.45. The van der Waals surface area contributed by atoms with Crippen LogP contribution >= 0.6 is 0 Å². The second-order valence-electron chi connectivity index (χ2n) is 4.48. The van der Waals surface area contributed by atoms with Crippen LogP contribution in [-0.2, 0) is 12.8 Å². The zero-order valence-electron chi connectivity index (χ0n) is 9.38. The largest absolute Gasteiger partial charge is 0.260 e. The maximum absolute atomic E-state index is 9.08. The number of fused-ring (bicyclic) bond motifs is 1. The van der Waals surface area contributed by atoms with Crippen molar-refractivity contribution < 1.29 is 0 Å². The smallest absolute Gasteiger partial charge is 0.101 e. The Morgan fingerprint density at radius 1 is 1.33 bits per heavy atom. The topological polar surface area (TPSA) is 36.7 Å². The maximum Gasteiger partial charge on any atom is 0.101 e. The van der Waals surface area contributed by atoms with E-state index in [1.54, 1.807) is 6.20 Å². The molecule has 2 heteroatoms. The van der Waals surface area contributed by atoms with Gasteiger partial charge < -0.3 is 0 Å². The van der Waals surface area contributed by atoms with E-state index < -0.39 is 0 Å². The zero-order valence-corrected chi connectivity index (χ0v) is 9.38. The van der Waals surface area contributed by atoms with Crippen molar-refractivity contribution in [2.75, 3.05) is 0 Å². The van der Waals surface area contributed by atoms with Crippen LogP contribution in [0.4, 0.5) is 0 Å². The normalized spacial score (nSPS) is 14.8. The molecular weight excluding hydrogens is 184 g/mol. The minimum atomic E-state index is 0.425. The van der Waals surface area contributed by atoms with Crippen LogP contribution in [0.3, 0.4) is 0 Å². The van der Waals surface area contributed by atoms with Gasteiger partial charge in [-0.2, -0.15) is 5.26 Å². The molecule has 1 aromatic rings. The quantitative estimate of drug-likeness (QED) is 0.698. The molecule has 0 N–H and O–H groups in total. The molecule has 15 heavy (non-hydrogen) atoms. The van der Waals surface area contributed by atoms with Crippen LogP contribution in [0.15, 0.2) is 6.20 Å². The van der Waals surface area contributed by atoms with Crippen LogP contribution in [0.2, 0.25) is 0 Å². The molecule has 1 heterocycles. The lowest BCUT2D eigenvalue weighted by molar-refractivity contribution is 0.652. The zero-order chi connectivity index (χ0) is 10.8. The highest BCUT2D eigenvalue weighted by atomic mass is 14.7. The molecule has 0 aliphatic heterocycles. The van der Waals surface area contributed by atoms with Gasteiger partial charge in [0.05, 0.1) is 5.56 Å². The lowest BCUT2D eigenvalue weighted by Gasteiger charge is -2.21. The van der Waals surface area contributed by atoms with E-state index in [-0.39, 0.29) is 0 Å². The Kier molecular flexibility index (Phi) is 2.73. The van der Waals surface area contributed by atoms with Gasteiger partial charge in [0.15, 0.2) is 0 Å². The molecule has 0 unspecified atom stereocenters. The Morgan fingerprint density at radius 2 is 2.07 bits per heavy atom. The molecule has 0 aromatic carbocycles. The third kappa shape index (κ3) is 1.74. The molecule has 0 saturated carbocycles. The third-order valence-electron chi connectivity index (χ3n) is 3.10. The Balaban J connectivity index is 2.60. The molecule has 0 amide bonds. The lowest BCUT2D eigenvalue weighted by Crippen LogP contribution is -2.11. The van der Waals surface area contributed by atoms with E-state index in [2.05, 4.69) is 24.9 Å². The molecule has 0 atom stereocenters. The summed E-state index contributed by atoms with van der Waals surface area (Å²) in [5, 5.41) is 9.08. The number of rotatable bonds is 1. The second-order valence-corrected chi connectivity index (χ2v) is 4.48. The summed E-state index contributed by atoms with van der Waals surface area (Å²) in [5.74, 6) is 0.425. The van der Waals surface area contributed by atoms with E-state index in [1.807, 2.05) is 0 Å². The summed E-state index contributed by atoms with van der Waals surface area (Å²) in [6, 6.07) is 2.26. The fraction of sp³-hybridized carbons (Fsp3) is 0.538. The van der Waals surface area contributed by atoms with E-state index in [1.165, 1.54) is 29.7 Å². The van der Waals surface area contributed by atoms with Crippen molar-refractivity contribution in [3.05, 3.63) is 28.6 Å². The molecule has 2 rings (SSSR count). The van der Waals surface area contributed by atoms with Crippen LogP contribution in [0, 0.1) is 11.3 Å². The molecule has 0 fully saturated rings. The predicted octanol–water partition coefficient (Wildman–Crippen LogP) is 2.96. The fourth-order valence-electron chi connectivity index (χ4n) is 2.45. The van der Waals surface area contributed by atoms with Crippen molar-refractivity contribution >= 4 is 0 Å². The summed E-state index contributed by atoms with van der Waals surface area (Å²) in [7, 11) is 0. The summed E-state index contributed by atoms with van der Waals surface area (Å²) in [5.41, 5.74) is 4.59. The van der Waals surface area contributed by atoms with Crippen LogP contribution < -0.4 is 0 Å². The Labute approximate surface area is 91.0 Å². The van der Waals surface area contributed by atoms with E-state index in [4.69, 9.17) is 5.26 Å². The number of nitrogens with zero attached hydrogens (tertiary/aromatic N) is 2. The summed E-state index contributed by atoms with van der Waals surface area (Å²) >= 11 is 0. The van der Waals surface area contributed by atoms with Gasteiger partial charge in [0.2, 0.25) is 0 Å².